The van der Waals surface area contributed by atoms with Crippen LogP contribution < -0.4 is 11.1 Å². The molecule has 90 valence electrons. The van der Waals surface area contributed by atoms with Crippen molar-refractivity contribution in [1.82, 2.24) is 20.1 Å². The molecule has 1 aromatic rings. The van der Waals surface area contributed by atoms with Crippen molar-refractivity contribution in [2.24, 2.45) is 12.8 Å². The van der Waals surface area contributed by atoms with Crippen LogP contribution in [0.25, 0.3) is 0 Å². The van der Waals surface area contributed by atoms with E-state index >= 15 is 0 Å². The van der Waals surface area contributed by atoms with Crippen LogP contribution in [0.3, 0.4) is 0 Å². The predicted octanol–water partition coefficient (Wildman–Crippen LogP) is 0.736. The molecular formula is C11H21N5. The van der Waals surface area contributed by atoms with Crippen LogP contribution in [-0.2, 0) is 7.05 Å². The summed E-state index contributed by atoms with van der Waals surface area (Å²) in [4.78, 5) is 0. The largest absolute Gasteiger partial charge is 0.328 e. The van der Waals surface area contributed by atoms with Gasteiger partial charge in [-0.3, -0.25) is 0 Å². The summed E-state index contributed by atoms with van der Waals surface area (Å²) in [7, 11) is 1.98. The number of nitrogens with zero attached hydrogens (tertiary/aromatic N) is 3. The maximum Gasteiger partial charge on any atom is 0.149 e. The number of aromatic nitrogens is 3. The lowest BCUT2D eigenvalue weighted by molar-refractivity contribution is 0.316. The molecular weight excluding hydrogens is 202 g/mol. The average Bonchev–Trinajstić information content (AvgIpc) is 2.68. The fraction of sp³-hybridized carbons (Fsp3) is 0.818. The summed E-state index contributed by atoms with van der Waals surface area (Å²) < 4.78 is 1.96. The molecule has 0 bridgehead atoms. The Hall–Kier alpha value is -0.940. The Labute approximate surface area is 96.4 Å². The Morgan fingerprint density at radius 3 is 2.69 bits per heavy atom. The molecule has 0 aliphatic heterocycles. The Morgan fingerprint density at radius 1 is 1.44 bits per heavy atom. The maximum absolute atomic E-state index is 5.89. The fourth-order valence-corrected chi connectivity index (χ4v) is 2.40. The van der Waals surface area contributed by atoms with Gasteiger partial charge in [0.2, 0.25) is 0 Å². The minimum Gasteiger partial charge on any atom is -0.328 e. The third kappa shape index (κ3) is 2.59. The quantitative estimate of drug-likeness (QED) is 0.793. The van der Waals surface area contributed by atoms with Gasteiger partial charge in [-0.25, -0.2) is 0 Å². The van der Waals surface area contributed by atoms with Crippen LogP contribution in [0.5, 0.6) is 0 Å². The first-order valence-electron chi connectivity index (χ1n) is 6.02. The van der Waals surface area contributed by atoms with Gasteiger partial charge in [-0.15, -0.1) is 10.2 Å². The average molecular weight is 223 g/mol. The first kappa shape index (κ1) is 11.5. The summed E-state index contributed by atoms with van der Waals surface area (Å²) in [6.45, 7) is 2.14. The van der Waals surface area contributed by atoms with E-state index < -0.39 is 0 Å². The summed E-state index contributed by atoms with van der Waals surface area (Å²) in [6.07, 6.45) is 6.34. The van der Waals surface area contributed by atoms with E-state index in [9.17, 15) is 0 Å². The van der Waals surface area contributed by atoms with Gasteiger partial charge in [-0.05, 0) is 32.6 Å². The van der Waals surface area contributed by atoms with E-state index in [-0.39, 0.29) is 6.04 Å². The van der Waals surface area contributed by atoms with E-state index in [1.165, 1.54) is 12.8 Å². The first-order chi connectivity index (χ1) is 7.66. The van der Waals surface area contributed by atoms with Crippen molar-refractivity contribution < 1.29 is 0 Å². The highest BCUT2D eigenvalue weighted by molar-refractivity contribution is 4.94. The van der Waals surface area contributed by atoms with Gasteiger partial charge in [-0.2, -0.15) is 0 Å². The third-order valence-corrected chi connectivity index (χ3v) is 3.39. The van der Waals surface area contributed by atoms with Crippen molar-refractivity contribution in [3.8, 4) is 0 Å². The van der Waals surface area contributed by atoms with Crippen LogP contribution >= 0.6 is 0 Å². The second kappa shape index (κ2) is 4.93. The van der Waals surface area contributed by atoms with E-state index in [2.05, 4.69) is 22.4 Å². The Kier molecular flexibility index (Phi) is 3.56. The van der Waals surface area contributed by atoms with Gasteiger partial charge < -0.3 is 15.6 Å². The molecule has 0 aromatic carbocycles. The van der Waals surface area contributed by atoms with Crippen molar-refractivity contribution in [1.29, 1.82) is 0 Å². The van der Waals surface area contributed by atoms with E-state index in [1.807, 2.05) is 11.6 Å². The number of hydrogen-bond acceptors (Lipinski definition) is 4. The first-order valence-corrected chi connectivity index (χ1v) is 6.02. The fourth-order valence-electron chi connectivity index (χ4n) is 2.40. The molecule has 2 rings (SSSR count). The normalized spacial score (nSPS) is 27.9. The molecule has 1 aliphatic carbocycles. The molecule has 0 amide bonds. The van der Waals surface area contributed by atoms with Crippen LogP contribution in [0.2, 0.25) is 0 Å². The third-order valence-electron chi connectivity index (χ3n) is 3.39. The molecule has 1 fully saturated rings. The molecule has 1 aliphatic rings. The molecule has 5 nitrogen and oxygen atoms in total. The lowest BCUT2D eigenvalue weighted by Gasteiger charge is -2.29. The molecule has 0 saturated heterocycles. The molecule has 5 heteroatoms. The lowest BCUT2D eigenvalue weighted by atomic mass is 9.91. The van der Waals surface area contributed by atoms with Gasteiger partial charge in [0.15, 0.2) is 0 Å². The summed E-state index contributed by atoms with van der Waals surface area (Å²) >= 11 is 0. The molecule has 1 heterocycles. The van der Waals surface area contributed by atoms with E-state index in [0.717, 1.165) is 18.7 Å². The molecule has 0 spiro atoms. The van der Waals surface area contributed by atoms with Crippen LogP contribution in [0.4, 0.5) is 0 Å². The summed E-state index contributed by atoms with van der Waals surface area (Å²) in [6, 6.07) is 1.24. The number of nitrogens with one attached hydrogen (secondary N) is 1. The van der Waals surface area contributed by atoms with Gasteiger partial charge in [0, 0.05) is 19.1 Å². The zero-order valence-corrected chi connectivity index (χ0v) is 10.1. The van der Waals surface area contributed by atoms with Gasteiger partial charge in [0.05, 0.1) is 6.04 Å². The van der Waals surface area contributed by atoms with Crippen molar-refractivity contribution >= 4 is 0 Å². The second-order valence-corrected chi connectivity index (χ2v) is 4.80. The number of nitrogens with two attached hydrogens (primary N) is 1. The standard InChI is InChI=1S/C11H21N5/c1-8(11-15-13-7-16(11)2)14-10-5-3-9(12)4-6-10/h7-10,14H,3-6,12H2,1-2H3. The summed E-state index contributed by atoms with van der Waals surface area (Å²) in [5, 5.41) is 11.6. The van der Waals surface area contributed by atoms with Crippen LogP contribution in [0.1, 0.15) is 44.5 Å². The van der Waals surface area contributed by atoms with Gasteiger partial charge >= 0.3 is 0 Å². The van der Waals surface area contributed by atoms with Crippen LogP contribution in [0.15, 0.2) is 6.33 Å². The lowest BCUT2D eigenvalue weighted by Crippen LogP contribution is -2.39. The number of hydrogen-bond donors (Lipinski definition) is 2. The zero-order valence-electron chi connectivity index (χ0n) is 10.1. The highest BCUT2D eigenvalue weighted by Gasteiger charge is 2.21. The minimum atomic E-state index is 0.256. The summed E-state index contributed by atoms with van der Waals surface area (Å²) in [5.74, 6) is 0.995. The summed E-state index contributed by atoms with van der Waals surface area (Å²) in [5.41, 5.74) is 5.89. The van der Waals surface area contributed by atoms with Crippen molar-refractivity contribution in [2.75, 3.05) is 0 Å². The van der Waals surface area contributed by atoms with Crippen LogP contribution in [-0.4, -0.2) is 26.8 Å². The van der Waals surface area contributed by atoms with Gasteiger partial charge in [-0.1, -0.05) is 0 Å². The Bertz CT molecular complexity index is 327. The smallest absolute Gasteiger partial charge is 0.149 e. The minimum absolute atomic E-state index is 0.256. The Balaban J connectivity index is 1.88. The van der Waals surface area contributed by atoms with E-state index in [0.29, 0.717) is 12.1 Å². The number of aryl methyl sites for hydroxylation is 1. The maximum atomic E-state index is 5.89. The number of rotatable bonds is 3. The molecule has 16 heavy (non-hydrogen) atoms. The predicted molar refractivity (Wildman–Crippen MR) is 62.8 cm³/mol. The molecule has 1 aromatic heterocycles. The highest BCUT2D eigenvalue weighted by Crippen LogP contribution is 2.20. The van der Waals surface area contributed by atoms with Crippen molar-refractivity contribution in [2.45, 2.75) is 50.7 Å². The van der Waals surface area contributed by atoms with E-state index in [1.54, 1.807) is 6.33 Å². The molecule has 1 atom stereocenters. The SMILES string of the molecule is CC(NC1CCC(N)CC1)c1nncn1C. The van der Waals surface area contributed by atoms with Gasteiger partial charge in [0.25, 0.3) is 0 Å². The van der Waals surface area contributed by atoms with Gasteiger partial charge in [0.1, 0.15) is 12.2 Å². The molecule has 1 unspecified atom stereocenters. The van der Waals surface area contributed by atoms with Crippen LogP contribution in [0, 0.1) is 0 Å². The Morgan fingerprint density at radius 2 is 2.12 bits per heavy atom. The zero-order chi connectivity index (χ0) is 11.5. The van der Waals surface area contributed by atoms with Crippen molar-refractivity contribution in [3.05, 3.63) is 12.2 Å². The molecule has 3 N–H and O–H groups in total. The highest BCUT2D eigenvalue weighted by atomic mass is 15.3. The van der Waals surface area contributed by atoms with E-state index in [4.69, 9.17) is 5.73 Å². The molecule has 0 radical (unpaired) electrons. The topological polar surface area (TPSA) is 68.8 Å². The second-order valence-electron chi connectivity index (χ2n) is 4.80. The monoisotopic (exact) mass is 223 g/mol. The van der Waals surface area contributed by atoms with Crippen molar-refractivity contribution in [3.63, 3.8) is 0 Å². The molecule has 1 saturated carbocycles.